The van der Waals surface area contributed by atoms with Gasteiger partial charge in [-0.15, -0.1) is 0 Å². The number of aryl methyl sites for hydroxylation is 1. The molecule has 7 nitrogen and oxygen atoms in total. The Hall–Kier alpha value is -3.56. The van der Waals surface area contributed by atoms with Crippen LogP contribution in [0.15, 0.2) is 70.0 Å². The number of benzene rings is 3. The van der Waals surface area contributed by atoms with Crippen LogP contribution in [0.3, 0.4) is 0 Å². The SMILES string of the molecule is COc1cc(/C=C2\SC(=O)N(CC(=O)N3CCc4ccccc4C3)C2=O)c(Br)cc1OCc1ccc(C)cc1. The fraction of sp³-hybridized carbons (Fsp3) is 0.233. The molecule has 0 atom stereocenters. The molecule has 3 aromatic carbocycles. The third-order valence-electron chi connectivity index (χ3n) is 6.73. The standard InChI is InChI=1S/C30H27BrN2O5S/c1-19-7-9-20(10-8-19)18-38-26-15-24(31)23(13-25(26)37-2)14-27-29(35)33(30(36)39-27)17-28(34)32-12-11-21-5-3-4-6-22(21)16-32/h3-10,13-15H,11-12,16-18H2,1-2H3/b27-14-. The Morgan fingerprint density at radius 1 is 1.05 bits per heavy atom. The molecular formula is C30H27BrN2O5S. The summed E-state index contributed by atoms with van der Waals surface area (Å²) in [7, 11) is 1.55. The van der Waals surface area contributed by atoms with Crippen molar-refractivity contribution in [1.29, 1.82) is 0 Å². The summed E-state index contributed by atoms with van der Waals surface area (Å²) >= 11 is 4.37. The van der Waals surface area contributed by atoms with Crippen molar-refractivity contribution in [2.24, 2.45) is 0 Å². The molecule has 3 amide bonds. The number of methoxy groups -OCH3 is 1. The Labute approximate surface area is 239 Å². The van der Waals surface area contributed by atoms with Crippen molar-refractivity contribution in [2.45, 2.75) is 26.5 Å². The van der Waals surface area contributed by atoms with E-state index < -0.39 is 11.1 Å². The van der Waals surface area contributed by atoms with Crippen molar-refractivity contribution in [3.05, 3.63) is 97.9 Å². The van der Waals surface area contributed by atoms with Gasteiger partial charge in [-0.3, -0.25) is 19.3 Å². The molecule has 2 aliphatic heterocycles. The second-order valence-electron chi connectivity index (χ2n) is 9.40. The molecule has 0 aromatic heterocycles. The van der Waals surface area contributed by atoms with Gasteiger partial charge < -0.3 is 14.4 Å². The lowest BCUT2D eigenvalue weighted by Crippen LogP contribution is -2.44. The maximum atomic E-state index is 13.1. The second-order valence-corrected chi connectivity index (χ2v) is 11.2. The third kappa shape index (κ3) is 6.04. The first-order valence-electron chi connectivity index (χ1n) is 12.5. The quantitative estimate of drug-likeness (QED) is 0.309. The Morgan fingerprint density at radius 2 is 1.79 bits per heavy atom. The summed E-state index contributed by atoms with van der Waals surface area (Å²) in [6, 6.07) is 19.6. The molecule has 2 aliphatic rings. The lowest BCUT2D eigenvalue weighted by Gasteiger charge is -2.29. The molecular weight excluding hydrogens is 580 g/mol. The van der Waals surface area contributed by atoms with Gasteiger partial charge in [-0.25, -0.2) is 0 Å². The monoisotopic (exact) mass is 606 g/mol. The van der Waals surface area contributed by atoms with E-state index in [1.807, 2.05) is 49.4 Å². The minimum Gasteiger partial charge on any atom is -0.493 e. The number of thioether (sulfide) groups is 1. The number of carbonyl (C=O) groups excluding carboxylic acids is 3. The number of rotatable bonds is 7. The molecule has 1 fully saturated rings. The first-order valence-corrected chi connectivity index (χ1v) is 14.1. The highest BCUT2D eigenvalue weighted by Gasteiger charge is 2.37. The van der Waals surface area contributed by atoms with Crippen molar-refractivity contribution in [3.8, 4) is 11.5 Å². The van der Waals surface area contributed by atoms with Gasteiger partial charge >= 0.3 is 0 Å². The van der Waals surface area contributed by atoms with E-state index in [1.165, 1.54) is 11.1 Å². The average Bonchev–Trinajstić information content (AvgIpc) is 3.20. The Bertz CT molecular complexity index is 1470. The average molecular weight is 608 g/mol. The second kappa shape index (κ2) is 11.7. The number of ether oxygens (including phenoxy) is 2. The number of halogens is 1. The van der Waals surface area contributed by atoms with E-state index in [2.05, 4.69) is 22.0 Å². The fourth-order valence-electron chi connectivity index (χ4n) is 4.50. The van der Waals surface area contributed by atoms with Gasteiger partial charge in [0.25, 0.3) is 11.1 Å². The van der Waals surface area contributed by atoms with Crippen LogP contribution in [0.1, 0.15) is 27.8 Å². The number of imide groups is 1. The zero-order chi connectivity index (χ0) is 27.5. The van der Waals surface area contributed by atoms with Crippen LogP contribution in [0.2, 0.25) is 0 Å². The minimum absolute atomic E-state index is 0.243. The highest BCUT2D eigenvalue weighted by molar-refractivity contribution is 9.10. The topological polar surface area (TPSA) is 76.2 Å². The number of hydrogen-bond donors (Lipinski definition) is 0. The van der Waals surface area contributed by atoms with Crippen LogP contribution in [0, 0.1) is 6.92 Å². The summed E-state index contributed by atoms with van der Waals surface area (Å²) < 4.78 is 12.2. The zero-order valence-corrected chi connectivity index (χ0v) is 24.0. The van der Waals surface area contributed by atoms with Crippen LogP contribution in [0.25, 0.3) is 6.08 Å². The van der Waals surface area contributed by atoms with E-state index in [9.17, 15) is 14.4 Å². The van der Waals surface area contributed by atoms with Crippen LogP contribution in [0.5, 0.6) is 11.5 Å². The summed E-state index contributed by atoms with van der Waals surface area (Å²) in [4.78, 5) is 41.8. The van der Waals surface area contributed by atoms with E-state index in [4.69, 9.17) is 9.47 Å². The third-order valence-corrected chi connectivity index (χ3v) is 8.33. The predicted octanol–water partition coefficient (Wildman–Crippen LogP) is 5.97. The number of carbonyl (C=O) groups is 3. The van der Waals surface area contributed by atoms with Gasteiger partial charge in [0.1, 0.15) is 13.2 Å². The van der Waals surface area contributed by atoms with Gasteiger partial charge in [-0.05, 0) is 65.6 Å². The smallest absolute Gasteiger partial charge is 0.294 e. The largest absolute Gasteiger partial charge is 0.493 e. The molecule has 39 heavy (non-hydrogen) atoms. The van der Waals surface area contributed by atoms with E-state index in [1.54, 1.807) is 30.2 Å². The molecule has 200 valence electrons. The lowest BCUT2D eigenvalue weighted by molar-refractivity contribution is -0.136. The van der Waals surface area contributed by atoms with E-state index in [0.29, 0.717) is 41.2 Å². The van der Waals surface area contributed by atoms with Gasteiger partial charge in [0, 0.05) is 17.6 Å². The summed E-state index contributed by atoms with van der Waals surface area (Å²) in [6.45, 7) is 3.17. The molecule has 0 aliphatic carbocycles. The maximum absolute atomic E-state index is 13.1. The van der Waals surface area contributed by atoms with Crippen LogP contribution in [-0.4, -0.2) is 47.1 Å². The number of hydrogen-bond acceptors (Lipinski definition) is 6. The van der Waals surface area contributed by atoms with Crippen LogP contribution < -0.4 is 9.47 Å². The predicted molar refractivity (Wildman–Crippen MR) is 154 cm³/mol. The fourth-order valence-corrected chi connectivity index (χ4v) is 5.77. The number of nitrogens with zero attached hydrogens (tertiary/aromatic N) is 2. The molecule has 1 saturated heterocycles. The maximum Gasteiger partial charge on any atom is 0.294 e. The molecule has 0 bridgehead atoms. The van der Waals surface area contributed by atoms with E-state index >= 15 is 0 Å². The molecule has 0 unspecified atom stereocenters. The molecule has 9 heteroatoms. The van der Waals surface area contributed by atoms with Crippen LogP contribution >= 0.6 is 27.7 Å². The number of amides is 3. The number of fused-ring (bicyclic) bond motifs is 1. The summed E-state index contributed by atoms with van der Waals surface area (Å²) in [5.74, 6) is 0.313. The summed E-state index contributed by atoms with van der Waals surface area (Å²) in [5.41, 5.74) is 5.17. The van der Waals surface area contributed by atoms with Crippen molar-refractivity contribution >= 4 is 50.8 Å². The molecule has 5 rings (SSSR count). The molecule has 0 radical (unpaired) electrons. The Balaban J connectivity index is 1.28. The normalized spacial score (nSPS) is 16.0. The van der Waals surface area contributed by atoms with Gasteiger partial charge in [0.2, 0.25) is 5.91 Å². The van der Waals surface area contributed by atoms with Crippen molar-refractivity contribution < 1.29 is 23.9 Å². The van der Waals surface area contributed by atoms with Gasteiger partial charge in [-0.1, -0.05) is 70.0 Å². The van der Waals surface area contributed by atoms with Crippen LogP contribution in [0.4, 0.5) is 4.79 Å². The van der Waals surface area contributed by atoms with Crippen molar-refractivity contribution in [1.82, 2.24) is 9.80 Å². The zero-order valence-electron chi connectivity index (χ0n) is 21.6. The highest BCUT2D eigenvalue weighted by Crippen LogP contribution is 2.38. The molecule has 0 N–H and O–H groups in total. The van der Waals surface area contributed by atoms with Crippen molar-refractivity contribution in [3.63, 3.8) is 0 Å². The van der Waals surface area contributed by atoms with Crippen LogP contribution in [-0.2, 0) is 29.2 Å². The minimum atomic E-state index is -0.485. The highest BCUT2D eigenvalue weighted by atomic mass is 79.9. The lowest BCUT2D eigenvalue weighted by atomic mass is 10.00. The Morgan fingerprint density at radius 3 is 2.54 bits per heavy atom. The van der Waals surface area contributed by atoms with E-state index in [-0.39, 0.29) is 17.4 Å². The summed E-state index contributed by atoms with van der Waals surface area (Å²) in [6.07, 6.45) is 2.38. The van der Waals surface area contributed by atoms with Gasteiger partial charge in [0.05, 0.1) is 12.0 Å². The van der Waals surface area contributed by atoms with Crippen molar-refractivity contribution in [2.75, 3.05) is 20.2 Å². The van der Waals surface area contributed by atoms with E-state index in [0.717, 1.165) is 34.2 Å². The molecule has 3 aromatic rings. The first-order chi connectivity index (χ1) is 18.8. The molecule has 2 heterocycles. The van der Waals surface area contributed by atoms with Gasteiger partial charge in [0.15, 0.2) is 11.5 Å². The summed E-state index contributed by atoms with van der Waals surface area (Å²) in [5, 5.41) is -0.460. The molecule has 0 spiro atoms. The Kier molecular flexibility index (Phi) is 8.09. The first kappa shape index (κ1) is 27.0. The molecule has 0 saturated carbocycles. The van der Waals surface area contributed by atoms with Gasteiger partial charge in [-0.2, -0.15) is 0 Å².